The predicted molar refractivity (Wildman–Crippen MR) is 68.6 cm³/mol. The van der Waals surface area contributed by atoms with Gasteiger partial charge in [-0.1, -0.05) is 18.2 Å². The van der Waals surface area contributed by atoms with E-state index < -0.39 is 5.97 Å². The molecule has 0 aliphatic rings. The number of carboxylic acids is 1. The molecule has 0 spiro atoms. The minimum absolute atomic E-state index is 0.191. The summed E-state index contributed by atoms with van der Waals surface area (Å²) in [5.74, 6) is -0.663. The molecular weight excluding hydrogens is 244 g/mol. The average molecular weight is 254 g/mol. The van der Waals surface area contributed by atoms with Crippen molar-refractivity contribution < 1.29 is 14.3 Å². The second-order valence-electron chi connectivity index (χ2n) is 4.07. The molecular formula is C14H10N2O3. The van der Waals surface area contributed by atoms with Crippen LogP contribution in [0.15, 0.2) is 47.2 Å². The fourth-order valence-corrected chi connectivity index (χ4v) is 1.95. The first-order valence-corrected chi connectivity index (χ1v) is 5.74. The molecule has 19 heavy (non-hydrogen) atoms. The number of para-hydroxylation sites is 1. The van der Waals surface area contributed by atoms with Gasteiger partial charge in [-0.25, -0.2) is 9.97 Å². The Morgan fingerprint density at radius 3 is 2.95 bits per heavy atom. The number of rotatable bonds is 3. The lowest BCUT2D eigenvalue weighted by Gasteiger charge is -2.00. The van der Waals surface area contributed by atoms with E-state index in [0.717, 1.165) is 16.5 Å². The molecule has 1 N–H and O–H groups in total. The molecule has 0 fully saturated rings. The summed E-state index contributed by atoms with van der Waals surface area (Å²) in [4.78, 5) is 18.9. The van der Waals surface area contributed by atoms with Gasteiger partial charge in [-0.3, -0.25) is 4.79 Å². The Hall–Kier alpha value is -2.69. The molecule has 3 aromatic rings. The number of aliphatic carboxylic acids is 1. The van der Waals surface area contributed by atoms with Crippen LogP contribution in [0.25, 0.3) is 22.2 Å². The Labute approximate surface area is 108 Å². The summed E-state index contributed by atoms with van der Waals surface area (Å²) in [6, 6.07) is 9.36. The van der Waals surface area contributed by atoms with E-state index in [0.29, 0.717) is 5.69 Å². The van der Waals surface area contributed by atoms with Gasteiger partial charge in [0.15, 0.2) is 0 Å². The maximum absolute atomic E-state index is 10.7. The molecule has 2 heterocycles. The van der Waals surface area contributed by atoms with Crippen LogP contribution < -0.4 is 0 Å². The second-order valence-corrected chi connectivity index (χ2v) is 4.07. The van der Waals surface area contributed by atoms with Crippen molar-refractivity contribution in [1.29, 1.82) is 0 Å². The lowest BCUT2D eigenvalue weighted by molar-refractivity contribution is -0.136. The number of furan rings is 1. The van der Waals surface area contributed by atoms with E-state index in [1.165, 1.54) is 0 Å². The highest BCUT2D eigenvalue weighted by molar-refractivity contribution is 5.92. The first-order valence-electron chi connectivity index (χ1n) is 5.74. The van der Waals surface area contributed by atoms with E-state index in [-0.39, 0.29) is 12.2 Å². The number of hydrogen-bond acceptors (Lipinski definition) is 4. The van der Waals surface area contributed by atoms with Crippen LogP contribution in [0.5, 0.6) is 0 Å². The Bertz CT molecular complexity index is 749. The molecule has 3 rings (SSSR count). The van der Waals surface area contributed by atoms with E-state index >= 15 is 0 Å². The van der Waals surface area contributed by atoms with Crippen molar-refractivity contribution in [2.45, 2.75) is 6.42 Å². The van der Waals surface area contributed by atoms with Gasteiger partial charge in [0.1, 0.15) is 24.1 Å². The van der Waals surface area contributed by atoms with E-state index in [9.17, 15) is 4.79 Å². The topological polar surface area (TPSA) is 76.2 Å². The second kappa shape index (κ2) is 4.53. The van der Waals surface area contributed by atoms with Crippen molar-refractivity contribution in [3.8, 4) is 11.3 Å². The highest BCUT2D eigenvalue weighted by Gasteiger charge is 2.10. The number of hydrogen-bond donors (Lipinski definition) is 1. The molecule has 1 aromatic carbocycles. The predicted octanol–water partition coefficient (Wildman–Crippen LogP) is 2.52. The SMILES string of the molecule is O=C(O)Cc1nccc(-c2coc3ccccc23)n1. The summed E-state index contributed by atoms with van der Waals surface area (Å²) in [7, 11) is 0. The van der Waals surface area contributed by atoms with E-state index in [2.05, 4.69) is 9.97 Å². The number of carboxylic acid groups (broad SMARTS) is 1. The maximum atomic E-state index is 10.7. The Morgan fingerprint density at radius 1 is 1.26 bits per heavy atom. The standard InChI is InChI=1S/C14H10N2O3/c17-14(18)7-13-15-6-5-11(16-13)10-8-19-12-4-2-1-3-9(10)12/h1-6,8H,7H2,(H,17,18). The van der Waals surface area contributed by atoms with Gasteiger partial charge < -0.3 is 9.52 Å². The van der Waals surface area contributed by atoms with E-state index in [1.54, 1.807) is 18.5 Å². The molecule has 0 bridgehead atoms. The summed E-state index contributed by atoms with van der Waals surface area (Å²) in [6.45, 7) is 0. The minimum atomic E-state index is -0.950. The zero-order valence-corrected chi connectivity index (χ0v) is 9.91. The van der Waals surface area contributed by atoms with Gasteiger partial charge in [-0.05, 0) is 12.1 Å². The van der Waals surface area contributed by atoms with Crippen molar-refractivity contribution >= 4 is 16.9 Å². The smallest absolute Gasteiger partial charge is 0.311 e. The molecule has 94 valence electrons. The number of benzene rings is 1. The van der Waals surface area contributed by atoms with Gasteiger partial charge in [0, 0.05) is 17.1 Å². The zero-order chi connectivity index (χ0) is 13.2. The van der Waals surface area contributed by atoms with Crippen LogP contribution in [0, 0.1) is 0 Å². The molecule has 0 aliphatic heterocycles. The van der Waals surface area contributed by atoms with Gasteiger partial charge in [0.2, 0.25) is 0 Å². The molecule has 0 atom stereocenters. The molecule has 0 saturated heterocycles. The van der Waals surface area contributed by atoms with Gasteiger partial charge in [-0.15, -0.1) is 0 Å². The minimum Gasteiger partial charge on any atom is -0.481 e. The largest absolute Gasteiger partial charge is 0.481 e. The fourth-order valence-electron chi connectivity index (χ4n) is 1.95. The number of nitrogens with zero attached hydrogens (tertiary/aromatic N) is 2. The third kappa shape index (κ3) is 2.18. The molecule has 0 radical (unpaired) electrons. The highest BCUT2D eigenvalue weighted by atomic mass is 16.4. The monoisotopic (exact) mass is 254 g/mol. The van der Waals surface area contributed by atoms with Crippen LogP contribution in [-0.2, 0) is 11.2 Å². The fraction of sp³-hybridized carbons (Fsp3) is 0.0714. The third-order valence-corrected chi connectivity index (χ3v) is 2.77. The van der Waals surface area contributed by atoms with Gasteiger partial charge in [0.05, 0.1) is 5.69 Å². The molecule has 0 amide bonds. The summed E-state index contributed by atoms with van der Waals surface area (Å²) >= 11 is 0. The van der Waals surface area contributed by atoms with E-state index in [4.69, 9.17) is 9.52 Å². The molecule has 2 aromatic heterocycles. The highest BCUT2D eigenvalue weighted by Crippen LogP contribution is 2.28. The first-order chi connectivity index (χ1) is 9.24. The maximum Gasteiger partial charge on any atom is 0.311 e. The normalized spacial score (nSPS) is 10.7. The van der Waals surface area contributed by atoms with Crippen molar-refractivity contribution in [2.75, 3.05) is 0 Å². The molecule has 5 nitrogen and oxygen atoms in total. The van der Waals surface area contributed by atoms with Crippen LogP contribution in [-0.4, -0.2) is 21.0 Å². The van der Waals surface area contributed by atoms with Crippen molar-refractivity contribution in [3.63, 3.8) is 0 Å². The Morgan fingerprint density at radius 2 is 2.11 bits per heavy atom. The lowest BCUT2D eigenvalue weighted by atomic mass is 10.1. The van der Waals surface area contributed by atoms with Crippen molar-refractivity contribution in [1.82, 2.24) is 9.97 Å². The van der Waals surface area contributed by atoms with Crippen LogP contribution >= 0.6 is 0 Å². The summed E-state index contributed by atoms with van der Waals surface area (Å²) < 4.78 is 5.45. The van der Waals surface area contributed by atoms with Crippen LogP contribution in [0.4, 0.5) is 0 Å². The van der Waals surface area contributed by atoms with Gasteiger partial charge >= 0.3 is 5.97 Å². The molecule has 0 unspecified atom stereocenters. The average Bonchev–Trinajstić information content (AvgIpc) is 2.82. The molecule has 0 aliphatic carbocycles. The third-order valence-electron chi connectivity index (χ3n) is 2.77. The number of aromatic nitrogens is 2. The zero-order valence-electron chi connectivity index (χ0n) is 9.91. The molecule has 5 heteroatoms. The van der Waals surface area contributed by atoms with Crippen molar-refractivity contribution in [3.05, 3.63) is 48.6 Å². The van der Waals surface area contributed by atoms with Crippen LogP contribution in [0.2, 0.25) is 0 Å². The summed E-state index contributed by atoms with van der Waals surface area (Å²) in [5.41, 5.74) is 2.27. The van der Waals surface area contributed by atoms with Crippen LogP contribution in [0.1, 0.15) is 5.82 Å². The van der Waals surface area contributed by atoms with Crippen LogP contribution in [0.3, 0.4) is 0 Å². The lowest BCUT2D eigenvalue weighted by Crippen LogP contribution is -2.05. The Balaban J connectivity index is 2.09. The summed E-state index contributed by atoms with van der Waals surface area (Å²) in [6.07, 6.45) is 2.99. The number of carbonyl (C=O) groups is 1. The first kappa shape index (κ1) is 11.4. The van der Waals surface area contributed by atoms with Crippen molar-refractivity contribution in [2.24, 2.45) is 0 Å². The summed E-state index contributed by atoms with van der Waals surface area (Å²) in [5, 5.41) is 9.71. The molecule has 0 saturated carbocycles. The van der Waals surface area contributed by atoms with E-state index in [1.807, 2.05) is 24.3 Å². The Kier molecular flexibility index (Phi) is 2.72. The quantitative estimate of drug-likeness (QED) is 0.777. The number of fused-ring (bicyclic) bond motifs is 1. The van der Waals surface area contributed by atoms with Gasteiger partial charge in [0.25, 0.3) is 0 Å². The van der Waals surface area contributed by atoms with Gasteiger partial charge in [-0.2, -0.15) is 0 Å².